The highest BCUT2D eigenvalue weighted by molar-refractivity contribution is 5.94. The van der Waals surface area contributed by atoms with E-state index >= 15 is 0 Å². The fourth-order valence-corrected chi connectivity index (χ4v) is 3.38. The van der Waals surface area contributed by atoms with Crippen molar-refractivity contribution >= 4 is 5.91 Å². The standard InChI is InChI=1S/C22H25N3O/c1-17(2)24-12-3-13-25(15-14-24)22(26)21-10-8-20(9-11-21)19-6-4-18(16-23)5-7-19/h4-11,17H,3,12-15H2,1-2H3. The Morgan fingerprint density at radius 3 is 2.12 bits per heavy atom. The summed E-state index contributed by atoms with van der Waals surface area (Å²) in [7, 11) is 0. The first-order chi connectivity index (χ1) is 12.6. The maximum Gasteiger partial charge on any atom is 0.253 e. The summed E-state index contributed by atoms with van der Waals surface area (Å²) in [6.45, 7) is 8.01. The summed E-state index contributed by atoms with van der Waals surface area (Å²) in [4.78, 5) is 17.2. The van der Waals surface area contributed by atoms with E-state index in [1.54, 1.807) is 0 Å². The van der Waals surface area contributed by atoms with Gasteiger partial charge in [-0.1, -0.05) is 24.3 Å². The second-order valence-electron chi connectivity index (χ2n) is 7.04. The van der Waals surface area contributed by atoms with Crippen LogP contribution in [-0.2, 0) is 0 Å². The van der Waals surface area contributed by atoms with Crippen molar-refractivity contribution in [3.63, 3.8) is 0 Å². The Bertz CT molecular complexity index is 788. The van der Waals surface area contributed by atoms with E-state index in [0.717, 1.165) is 49.3 Å². The van der Waals surface area contributed by atoms with Crippen molar-refractivity contribution in [2.24, 2.45) is 0 Å². The molecule has 0 unspecified atom stereocenters. The van der Waals surface area contributed by atoms with Crippen LogP contribution in [0.15, 0.2) is 48.5 Å². The van der Waals surface area contributed by atoms with E-state index in [1.165, 1.54) is 0 Å². The van der Waals surface area contributed by atoms with Gasteiger partial charge < -0.3 is 4.90 Å². The third kappa shape index (κ3) is 4.12. The van der Waals surface area contributed by atoms with Crippen LogP contribution in [0.1, 0.15) is 36.2 Å². The van der Waals surface area contributed by atoms with Crippen molar-refractivity contribution in [2.75, 3.05) is 26.2 Å². The molecule has 0 radical (unpaired) electrons. The van der Waals surface area contributed by atoms with E-state index in [2.05, 4.69) is 24.8 Å². The Balaban J connectivity index is 1.69. The zero-order chi connectivity index (χ0) is 18.5. The largest absolute Gasteiger partial charge is 0.337 e. The van der Waals surface area contributed by atoms with Gasteiger partial charge in [0.25, 0.3) is 5.91 Å². The first-order valence-electron chi connectivity index (χ1n) is 9.22. The second kappa shape index (κ2) is 8.16. The van der Waals surface area contributed by atoms with Crippen LogP contribution in [0.4, 0.5) is 0 Å². The van der Waals surface area contributed by atoms with Crippen LogP contribution in [0, 0.1) is 11.3 Å². The van der Waals surface area contributed by atoms with Crippen molar-refractivity contribution < 1.29 is 4.79 Å². The Hall–Kier alpha value is -2.64. The van der Waals surface area contributed by atoms with Crippen molar-refractivity contribution in [3.8, 4) is 17.2 Å². The fourth-order valence-electron chi connectivity index (χ4n) is 3.38. The molecule has 1 aliphatic rings. The zero-order valence-electron chi connectivity index (χ0n) is 15.5. The molecule has 0 bridgehead atoms. The van der Waals surface area contributed by atoms with Crippen molar-refractivity contribution in [2.45, 2.75) is 26.3 Å². The van der Waals surface area contributed by atoms with E-state index in [9.17, 15) is 4.79 Å². The maximum absolute atomic E-state index is 12.8. The van der Waals surface area contributed by atoms with Crippen LogP contribution < -0.4 is 0 Å². The topological polar surface area (TPSA) is 47.3 Å². The van der Waals surface area contributed by atoms with Gasteiger partial charge in [0.15, 0.2) is 0 Å². The molecule has 1 fully saturated rings. The van der Waals surface area contributed by atoms with Gasteiger partial charge in [0, 0.05) is 37.8 Å². The predicted molar refractivity (Wildman–Crippen MR) is 104 cm³/mol. The number of nitriles is 1. The summed E-state index contributed by atoms with van der Waals surface area (Å²) in [6.07, 6.45) is 1.02. The number of amides is 1. The molecule has 0 aliphatic carbocycles. The molecule has 1 amide bonds. The van der Waals surface area contributed by atoms with E-state index in [0.29, 0.717) is 11.6 Å². The second-order valence-corrected chi connectivity index (χ2v) is 7.04. The van der Waals surface area contributed by atoms with Gasteiger partial charge >= 0.3 is 0 Å². The van der Waals surface area contributed by atoms with E-state index in [-0.39, 0.29) is 5.91 Å². The van der Waals surface area contributed by atoms with Crippen LogP contribution >= 0.6 is 0 Å². The third-order valence-electron chi connectivity index (χ3n) is 5.03. The molecule has 0 saturated carbocycles. The highest BCUT2D eigenvalue weighted by atomic mass is 16.2. The first kappa shape index (κ1) is 18.2. The summed E-state index contributed by atoms with van der Waals surface area (Å²) in [5, 5.41) is 8.89. The molecule has 3 rings (SSSR count). The van der Waals surface area contributed by atoms with E-state index in [4.69, 9.17) is 5.26 Å². The first-order valence-corrected chi connectivity index (χ1v) is 9.22. The lowest BCUT2D eigenvalue weighted by atomic mass is 10.0. The van der Waals surface area contributed by atoms with Crippen LogP contribution in [0.2, 0.25) is 0 Å². The molecule has 0 atom stereocenters. The van der Waals surface area contributed by atoms with Gasteiger partial charge in [-0.05, 0) is 55.7 Å². The fraction of sp³-hybridized carbons (Fsp3) is 0.364. The molecule has 26 heavy (non-hydrogen) atoms. The monoisotopic (exact) mass is 347 g/mol. The van der Waals surface area contributed by atoms with Crippen LogP contribution in [0.5, 0.6) is 0 Å². The Morgan fingerprint density at radius 1 is 0.923 bits per heavy atom. The van der Waals surface area contributed by atoms with Gasteiger partial charge in [-0.3, -0.25) is 9.69 Å². The van der Waals surface area contributed by atoms with Gasteiger partial charge in [0.05, 0.1) is 11.6 Å². The van der Waals surface area contributed by atoms with Crippen LogP contribution in [0.3, 0.4) is 0 Å². The van der Waals surface area contributed by atoms with Crippen molar-refractivity contribution in [3.05, 3.63) is 59.7 Å². The lowest BCUT2D eigenvalue weighted by Gasteiger charge is -2.25. The lowest BCUT2D eigenvalue weighted by molar-refractivity contribution is 0.0759. The van der Waals surface area contributed by atoms with Crippen LogP contribution in [-0.4, -0.2) is 47.9 Å². The molecule has 2 aromatic carbocycles. The Labute approximate surface area is 155 Å². The number of hydrogen-bond acceptors (Lipinski definition) is 3. The average molecular weight is 347 g/mol. The smallest absolute Gasteiger partial charge is 0.253 e. The number of nitrogens with zero attached hydrogens (tertiary/aromatic N) is 3. The molecule has 1 saturated heterocycles. The maximum atomic E-state index is 12.8. The van der Waals surface area contributed by atoms with Crippen molar-refractivity contribution in [1.82, 2.24) is 9.80 Å². The molecule has 2 aromatic rings. The minimum absolute atomic E-state index is 0.113. The van der Waals surface area contributed by atoms with Gasteiger partial charge in [-0.2, -0.15) is 5.26 Å². The number of hydrogen-bond donors (Lipinski definition) is 0. The predicted octanol–water partition coefficient (Wildman–Crippen LogP) is 3.78. The molecule has 134 valence electrons. The number of rotatable bonds is 3. The number of benzene rings is 2. The molecule has 0 spiro atoms. The third-order valence-corrected chi connectivity index (χ3v) is 5.03. The molecule has 0 N–H and O–H groups in total. The number of carbonyl (C=O) groups is 1. The van der Waals surface area contributed by atoms with E-state index < -0.39 is 0 Å². The number of carbonyl (C=O) groups excluding carboxylic acids is 1. The summed E-state index contributed by atoms with van der Waals surface area (Å²) in [5.74, 6) is 0.113. The lowest BCUT2D eigenvalue weighted by Crippen LogP contribution is -2.37. The van der Waals surface area contributed by atoms with Gasteiger partial charge in [0.2, 0.25) is 0 Å². The summed E-state index contributed by atoms with van der Waals surface area (Å²) < 4.78 is 0. The molecule has 0 aromatic heterocycles. The van der Waals surface area contributed by atoms with Crippen molar-refractivity contribution in [1.29, 1.82) is 5.26 Å². The molecule has 1 heterocycles. The molecule has 4 nitrogen and oxygen atoms in total. The minimum atomic E-state index is 0.113. The molecular formula is C22H25N3O. The SMILES string of the molecule is CC(C)N1CCCN(C(=O)c2ccc(-c3ccc(C#N)cc3)cc2)CC1. The molecular weight excluding hydrogens is 322 g/mol. The normalized spacial score (nSPS) is 15.5. The van der Waals surface area contributed by atoms with Gasteiger partial charge in [-0.25, -0.2) is 0 Å². The van der Waals surface area contributed by atoms with Gasteiger partial charge in [-0.15, -0.1) is 0 Å². The summed E-state index contributed by atoms with van der Waals surface area (Å²) in [6, 6.07) is 17.9. The van der Waals surface area contributed by atoms with E-state index in [1.807, 2.05) is 53.4 Å². The Kier molecular flexibility index (Phi) is 5.70. The molecule has 1 aliphatic heterocycles. The summed E-state index contributed by atoms with van der Waals surface area (Å²) in [5.41, 5.74) is 3.48. The van der Waals surface area contributed by atoms with Gasteiger partial charge in [0.1, 0.15) is 0 Å². The highest BCUT2D eigenvalue weighted by Crippen LogP contribution is 2.21. The van der Waals surface area contributed by atoms with Crippen LogP contribution in [0.25, 0.3) is 11.1 Å². The molecule has 4 heteroatoms. The quantitative estimate of drug-likeness (QED) is 0.849. The summed E-state index contributed by atoms with van der Waals surface area (Å²) >= 11 is 0. The minimum Gasteiger partial charge on any atom is -0.337 e. The average Bonchev–Trinajstić information content (AvgIpc) is 2.94. The highest BCUT2D eigenvalue weighted by Gasteiger charge is 2.21. The zero-order valence-corrected chi connectivity index (χ0v) is 15.5. The Morgan fingerprint density at radius 2 is 1.54 bits per heavy atom.